The van der Waals surface area contributed by atoms with Gasteiger partial charge in [0, 0.05) is 6.20 Å². The van der Waals surface area contributed by atoms with Gasteiger partial charge in [-0.25, -0.2) is 9.50 Å². The maximum Gasteiger partial charge on any atom is 0.425 e. The minimum absolute atomic E-state index is 0.326. The molecule has 4 aromatic rings. The van der Waals surface area contributed by atoms with E-state index in [1.54, 1.807) is 43.1 Å². The van der Waals surface area contributed by atoms with Crippen LogP contribution in [0, 0.1) is 0 Å². The average molecular weight is 422 g/mol. The van der Waals surface area contributed by atoms with Crippen LogP contribution in [0.3, 0.4) is 0 Å². The van der Waals surface area contributed by atoms with Gasteiger partial charge in [-0.2, -0.15) is 18.3 Å². The SMILES string of the molecule is CC(C)(O)Cn1cc(Nc2ccc3ncc(-c4ccc(C(F)(F)F)s4)n3n2)cn1. The van der Waals surface area contributed by atoms with Crippen molar-refractivity contribution >= 4 is 28.5 Å². The predicted octanol–water partition coefficient (Wildman–Crippen LogP) is 4.19. The normalized spacial score (nSPS) is 12.6. The fourth-order valence-electron chi connectivity index (χ4n) is 2.79. The molecule has 0 fully saturated rings. The predicted molar refractivity (Wildman–Crippen MR) is 103 cm³/mol. The summed E-state index contributed by atoms with van der Waals surface area (Å²) in [5, 5.41) is 21.6. The van der Waals surface area contributed by atoms with E-state index < -0.39 is 16.7 Å². The Morgan fingerprint density at radius 2 is 1.93 bits per heavy atom. The molecule has 0 aliphatic heterocycles. The zero-order chi connectivity index (χ0) is 20.8. The molecule has 7 nitrogen and oxygen atoms in total. The molecule has 2 N–H and O–H groups in total. The Balaban J connectivity index is 1.61. The first kappa shape index (κ1) is 19.4. The van der Waals surface area contributed by atoms with Crippen molar-refractivity contribution in [3.63, 3.8) is 0 Å². The number of aromatic nitrogens is 5. The van der Waals surface area contributed by atoms with E-state index >= 15 is 0 Å². The third-order valence-corrected chi connectivity index (χ3v) is 5.11. The molecule has 152 valence electrons. The summed E-state index contributed by atoms with van der Waals surface area (Å²) >= 11 is 0.648. The summed E-state index contributed by atoms with van der Waals surface area (Å²) in [4.78, 5) is 3.97. The number of anilines is 2. The van der Waals surface area contributed by atoms with Gasteiger partial charge in [0.25, 0.3) is 0 Å². The second kappa shape index (κ2) is 6.85. The summed E-state index contributed by atoms with van der Waals surface area (Å²) in [5.41, 5.74) is 0.757. The third kappa shape index (κ3) is 4.25. The summed E-state index contributed by atoms with van der Waals surface area (Å²) in [6.07, 6.45) is 0.446. The van der Waals surface area contributed by atoms with Crippen LogP contribution < -0.4 is 5.32 Å². The van der Waals surface area contributed by atoms with Crippen molar-refractivity contribution in [1.82, 2.24) is 24.4 Å². The van der Waals surface area contributed by atoms with Gasteiger partial charge in [0.05, 0.1) is 35.1 Å². The maximum atomic E-state index is 12.9. The first-order valence-corrected chi connectivity index (χ1v) is 9.44. The molecule has 0 amide bonds. The number of nitrogens with one attached hydrogen (secondary N) is 1. The van der Waals surface area contributed by atoms with Gasteiger partial charge in [0.1, 0.15) is 10.6 Å². The van der Waals surface area contributed by atoms with E-state index in [1.807, 2.05) is 0 Å². The number of hydrogen-bond acceptors (Lipinski definition) is 6. The zero-order valence-electron chi connectivity index (χ0n) is 15.5. The van der Waals surface area contributed by atoms with Gasteiger partial charge in [-0.15, -0.1) is 16.4 Å². The monoisotopic (exact) mass is 422 g/mol. The minimum Gasteiger partial charge on any atom is -0.389 e. The lowest BCUT2D eigenvalue weighted by Gasteiger charge is -2.16. The molecule has 4 heterocycles. The number of rotatable bonds is 5. The lowest BCUT2D eigenvalue weighted by Crippen LogP contribution is -2.26. The van der Waals surface area contributed by atoms with Gasteiger partial charge >= 0.3 is 6.18 Å². The first-order valence-electron chi connectivity index (χ1n) is 8.62. The number of hydrogen-bond donors (Lipinski definition) is 2. The molecule has 0 spiro atoms. The number of aliphatic hydroxyl groups is 1. The highest BCUT2D eigenvalue weighted by atomic mass is 32.1. The van der Waals surface area contributed by atoms with Crippen molar-refractivity contribution in [3.05, 3.63) is 47.7 Å². The zero-order valence-corrected chi connectivity index (χ0v) is 16.3. The van der Waals surface area contributed by atoms with E-state index in [1.165, 1.54) is 16.8 Å². The number of halogens is 3. The van der Waals surface area contributed by atoms with Gasteiger partial charge < -0.3 is 10.4 Å². The van der Waals surface area contributed by atoms with Crippen LogP contribution in [0.1, 0.15) is 18.7 Å². The molecule has 0 saturated carbocycles. The van der Waals surface area contributed by atoms with Crippen LogP contribution in [-0.4, -0.2) is 35.1 Å². The van der Waals surface area contributed by atoms with Crippen LogP contribution in [0.4, 0.5) is 24.7 Å². The lowest BCUT2D eigenvalue weighted by molar-refractivity contribution is -0.134. The quantitative estimate of drug-likeness (QED) is 0.504. The fourth-order valence-corrected chi connectivity index (χ4v) is 3.66. The smallest absolute Gasteiger partial charge is 0.389 e. The van der Waals surface area contributed by atoms with Gasteiger partial charge in [-0.3, -0.25) is 4.68 Å². The van der Waals surface area contributed by atoms with Gasteiger partial charge in [0.2, 0.25) is 0 Å². The highest BCUT2D eigenvalue weighted by Crippen LogP contribution is 2.38. The molecular weight excluding hydrogens is 405 g/mol. The van der Waals surface area contributed by atoms with Gasteiger partial charge in [-0.1, -0.05) is 0 Å². The summed E-state index contributed by atoms with van der Waals surface area (Å²) < 4.78 is 41.8. The van der Waals surface area contributed by atoms with E-state index in [9.17, 15) is 18.3 Å². The number of imidazole rings is 1. The van der Waals surface area contributed by atoms with E-state index in [-0.39, 0.29) is 0 Å². The first-order chi connectivity index (χ1) is 13.6. The second-order valence-electron chi connectivity index (χ2n) is 7.16. The molecule has 0 aliphatic rings. The molecule has 0 unspecified atom stereocenters. The molecule has 0 saturated heterocycles. The van der Waals surface area contributed by atoms with E-state index in [4.69, 9.17) is 0 Å². The second-order valence-corrected chi connectivity index (χ2v) is 8.24. The van der Waals surface area contributed by atoms with Gasteiger partial charge in [0.15, 0.2) is 11.5 Å². The number of fused-ring (bicyclic) bond motifs is 1. The molecule has 0 atom stereocenters. The van der Waals surface area contributed by atoms with Crippen molar-refractivity contribution in [2.75, 3.05) is 5.32 Å². The topological polar surface area (TPSA) is 80.3 Å². The average Bonchev–Trinajstić information content (AvgIpc) is 3.31. The molecule has 0 aliphatic carbocycles. The van der Waals surface area contributed by atoms with Crippen molar-refractivity contribution in [3.8, 4) is 10.6 Å². The summed E-state index contributed by atoms with van der Waals surface area (Å²) in [6, 6.07) is 5.91. The largest absolute Gasteiger partial charge is 0.425 e. The highest BCUT2D eigenvalue weighted by molar-refractivity contribution is 7.15. The van der Waals surface area contributed by atoms with Crippen LogP contribution in [0.15, 0.2) is 42.9 Å². The van der Waals surface area contributed by atoms with Gasteiger partial charge in [-0.05, 0) is 38.1 Å². The highest BCUT2D eigenvalue weighted by Gasteiger charge is 2.32. The van der Waals surface area contributed by atoms with Crippen LogP contribution in [-0.2, 0) is 12.7 Å². The Bertz CT molecular complexity index is 1150. The Labute approximate surface area is 167 Å². The molecule has 29 heavy (non-hydrogen) atoms. The standard InChI is InChI=1S/C18H17F3N6OS/c1-17(2,28)10-26-9-11(7-23-26)24-15-5-6-16-22-8-12(27(16)25-15)13-3-4-14(29-13)18(19,20)21/h3-9,28H,10H2,1-2H3,(H,24,25). The van der Waals surface area contributed by atoms with Crippen molar-refractivity contribution in [2.24, 2.45) is 0 Å². The van der Waals surface area contributed by atoms with E-state index in [0.717, 1.165) is 6.07 Å². The third-order valence-electron chi connectivity index (χ3n) is 3.95. The minimum atomic E-state index is -4.38. The van der Waals surface area contributed by atoms with E-state index in [2.05, 4.69) is 20.5 Å². The molecule has 0 bridgehead atoms. The molecule has 4 rings (SSSR count). The Morgan fingerprint density at radius 1 is 1.14 bits per heavy atom. The summed E-state index contributed by atoms with van der Waals surface area (Å²) in [7, 11) is 0. The Morgan fingerprint density at radius 3 is 2.62 bits per heavy atom. The Kier molecular flexibility index (Phi) is 4.58. The van der Waals surface area contributed by atoms with Crippen LogP contribution >= 0.6 is 11.3 Å². The molecular formula is C18H17F3N6OS. The van der Waals surface area contributed by atoms with Crippen LogP contribution in [0.2, 0.25) is 0 Å². The van der Waals surface area contributed by atoms with Crippen molar-refractivity contribution in [2.45, 2.75) is 32.2 Å². The number of alkyl halides is 3. The lowest BCUT2D eigenvalue weighted by atomic mass is 10.1. The molecule has 0 aromatic carbocycles. The molecule has 11 heteroatoms. The van der Waals surface area contributed by atoms with Crippen molar-refractivity contribution < 1.29 is 18.3 Å². The summed E-state index contributed by atoms with van der Waals surface area (Å²) in [5.74, 6) is 0.479. The van der Waals surface area contributed by atoms with E-state index in [0.29, 0.717) is 45.6 Å². The molecule has 0 radical (unpaired) electrons. The fraction of sp³-hybridized carbons (Fsp3) is 0.278. The van der Waals surface area contributed by atoms with Crippen LogP contribution in [0.5, 0.6) is 0 Å². The Hall–Kier alpha value is -2.92. The maximum absolute atomic E-state index is 12.9. The number of nitrogens with zero attached hydrogens (tertiary/aromatic N) is 5. The summed E-state index contributed by atoms with van der Waals surface area (Å²) in [6.45, 7) is 3.70. The number of thiophene rings is 1. The van der Waals surface area contributed by atoms with Crippen LogP contribution in [0.25, 0.3) is 16.2 Å². The molecule has 4 aromatic heterocycles. The van der Waals surface area contributed by atoms with Crippen molar-refractivity contribution in [1.29, 1.82) is 0 Å².